The van der Waals surface area contributed by atoms with Crippen molar-refractivity contribution in [2.24, 2.45) is 0 Å². The van der Waals surface area contributed by atoms with Crippen LogP contribution in [0, 0.1) is 6.92 Å². The van der Waals surface area contributed by atoms with Crippen LogP contribution in [0.15, 0.2) is 60.0 Å². The normalized spacial score (nSPS) is 10.8. The van der Waals surface area contributed by atoms with Crippen LogP contribution >= 0.6 is 23.8 Å². The lowest BCUT2D eigenvalue weighted by Gasteiger charge is -2.14. The number of rotatable bonds is 6. The molecule has 0 saturated carbocycles. The maximum absolute atomic E-state index is 12.6. The molecule has 0 bridgehead atoms. The highest BCUT2D eigenvalue weighted by molar-refractivity contribution is 7.92. The number of halogens is 1. The minimum Gasteiger partial charge on any atom is -0.359 e. The molecule has 8 heteroatoms. The van der Waals surface area contributed by atoms with Gasteiger partial charge >= 0.3 is 0 Å². The molecule has 0 atom stereocenters. The fourth-order valence-electron chi connectivity index (χ4n) is 1.97. The molecule has 132 valence electrons. The van der Waals surface area contributed by atoms with Crippen molar-refractivity contribution in [2.75, 3.05) is 16.6 Å². The highest BCUT2D eigenvalue weighted by Crippen LogP contribution is 2.23. The molecule has 0 aromatic heterocycles. The topological polar surface area (TPSA) is 70.2 Å². The molecule has 0 aliphatic carbocycles. The average Bonchev–Trinajstić information content (AvgIpc) is 2.56. The summed E-state index contributed by atoms with van der Waals surface area (Å²) in [5.41, 5.74) is 1.91. The lowest BCUT2D eigenvalue weighted by atomic mass is 10.2. The molecule has 0 aliphatic heterocycles. The zero-order chi connectivity index (χ0) is 18.4. The minimum absolute atomic E-state index is 0.127. The molecular weight excluding hydrogens is 378 g/mol. The molecule has 2 aromatic carbocycles. The lowest BCUT2D eigenvalue weighted by molar-refractivity contribution is 0.601. The summed E-state index contributed by atoms with van der Waals surface area (Å²) in [5.74, 6) is 0. The van der Waals surface area contributed by atoms with Crippen molar-refractivity contribution in [3.8, 4) is 0 Å². The van der Waals surface area contributed by atoms with E-state index in [0.29, 0.717) is 28.1 Å². The number of nitrogens with one attached hydrogen (secondary N) is 3. The summed E-state index contributed by atoms with van der Waals surface area (Å²) in [6, 6.07) is 11.2. The molecule has 0 fully saturated rings. The minimum atomic E-state index is -3.73. The summed E-state index contributed by atoms with van der Waals surface area (Å²) in [7, 11) is -3.73. The van der Waals surface area contributed by atoms with E-state index in [-0.39, 0.29) is 4.90 Å². The number of aryl methyl sites for hydroxylation is 1. The third kappa shape index (κ3) is 5.45. The van der Waals surface area contributed by atoms with Crippen LogP contribution in [-0.2, 0) is 10.0 Å². The van der Waals surface area contributed by atoms with Gasteiger partial charge in [-0.3, -0.25) is 4.72 Å². The first kappa shape index (κ1) is 19.2. The molecule has 0 aliphatic rings. The molecule has 0 radical (unpaired) electrons. The van der Waals surface area contributed by atoms with Gasteiger partial charge in [0.1, 0.15) is 0 Å². The fraction of sp³-hybridized carbons (Fsp3) is 0.118. The molecule has 0 heterocycles. The molecule has 25 heavy (non-hydrogen) atoms. The molecule has 0 spiro atoms. The highest BCUT2D eigenvalue weighted by Gasteiger charge is 2.16. The Morgan fingerprint density at radius 2 is 1.92 bits per heavy atom. The number of sulfonamides is 1. The van der Waals surface area contributed by atoms with Gasteiger partial charge in [0.2, 0.25) is 0 Å². The maximum atomic E-state index is 12.6. The summed E-state index contributed by atoms with van der Waals surface area (Å²) < 4.78 is 27.7. The summed E-state index contributed by atoms with van der Waals surface area (Å²) in [6.45, 7) is 5.98. The molecule has 3 N–H and O–H groups in total. The average molecular weight is 396 g/mol. The van der Waals surface area contributed by atoms with Crippen molar-refractivity contribution >= 4 is 50.3 Å². The zero-order valence-corrected chi connectivity index (χ0v) is 15.9. The van der Waals surface area contributed by atoms with Crippen LogP contribution < -0.4 is 15.4 Å². The third-order valence-electron chi connectivity index (χ3n) is 3.27. The Morgan fingerprint density at radius 3 is 2.56 bits per heavy atom. The van der Waals surface area contributed by atoms with Crippen LogP contribution in [0.4, 0.5) is 11.4 Å². The Hall–Kier alpha value is -2.09. The Labute approximate surface area is 158 Å². The second kappa shape index (κ2) is 8.33. The van der Waals surface area contributed by atoms with E-state index in [2.05, 4.69) is 21.9 Å². The molecule has 0 amide bonds. The van der Waals surface area contributed by atoms with Crippen LogP contribution in [0.25, 0.3) is 0 Å². The van der Waals surface area contributed by atoms with E-state index in [1.54, 1.807) is 42.5 Å². The van der Waals surface area contributed by atoms with Gasteiger partial charge in [0.15, 0.2) is 5.11 Å². The second-order valence-corrected chi connectivity index (χ2v) is 7.74. The first-order valence-electron chi connectivity index (χ1n) is 7.36. The van der Waals surface area contributed by atoms with E-state index in [1.165, 1.54) is 6.07 Å². The van der Waals surface area contributed by atoms with Crippen molar-refractivity contribution in [3.05, 3.63) is 65.7 Å². The van der Waals surface area contributed by atoms with E-state index >= 15 is 0 Å². The Morgan fingerprint density at radius 1 is 1.24 bits per heavy atom. The van der Waals surface area contributed by atoms with Crippen LogP contribution in [-0.4, -0.2) is 20.1 Å². The van der Waals surface area contributed by atoms with Gasteiger partial charge < -0.3 is 10.6 Å². The van der Waals surface area contributed by atoms with Crippen LogP contribution in [0.2, 0.25) is 5.02 Å². The van der Waals surface area contributed by atoms with Gasteiger partial charge in [0, 0.05) is 22.9 Å². The summed E-state index contributed by atoms with van der Waals surface area (Å²) in [4.78, 5) is 0.127. The van der Waals surface area contributed by atoms with E-state index < -0.39 is 10.0 Å². The van der Waals surface area contributed by atoms with Crippen molar-refractivity contribution in [3.63, 3.8) is 0 Å². The molecular formula is C17H18ClN3O2S2. The van der Waals surface area contributed by atoms with Gasteiger partial charge in [-0.15, -0.1) is 6.58 Å². The van der Waals surface area contributed by atoms with E-state index in [9.17, 15) is 8.42 Å². The number of thiocarbonyl (C=S) groups is 1. The fourth-order valence-corrected chi connectivity index (χ4v) is 3.37. The standard InChI is InChI=1S/C17H18ClN3O2S2/c1-3-10-19-17(24)20-16-11-15(9-4-12(16)2)25(22,23)21-14-7-5-13(18)6-8-14/h3-9,11,21H,1,10H2,2H3,(H2,19,20,24). The largest absolute Gasteiger partial charge is 0.359 e. The second-order valence-electron chi connectivity index (χ2n) is 5.21. The van der Waals surface area contributed by atoms with Gasteiger partial charge in [0.25, 0.3) is 10.0 Å². The van der Waals surface area contributed by atoms with Crippen LogP contribution in [0.5, 0.6) is 0 Å². The molecule has 2 rings (SSSR count). The lowest BCUT2D eigenvalue weighted by Crippen LogP contribution is -2.28. The molecule has 5 nitrogen and oxygen atoms in total. The van der Waals surface area contributed by atoms with Crippen molar-refractivity contribution in [1.29, 1.82) is 0 Å². The van der Waals surface area contributed by atoms with E-state index in [1.807, 2.05) is 6.92 Å². The number of benzene rings is 2. The predicted octanol–water partition coefficient (Wildman–Crippen LogP) is 3.92. The van der Waals surface area contributed by atoms with Gasteiger partial charge in [-0.25, -0.2) is 8.42 Å². The summed E-state index contributed by atoms with van der Waals surface area (Å²) >= 11 is 11.0. The quantitative estimate of drug-likeness (QED) is 0.510. The van der Waals surface area contributed by atoms with E-state index in [0.717, 1.165) is 5.56 Å². The zero-order valence-electron chi connectivity index (χ0n) is 13.5. The smallest absolute Gasteiger partial charge is 0.261 e. The number of hydrogen-bond acceptors (Lipinski definition) is 3. The first-order valence-corrected chi connectivity index (χ1v) is 9.63. The molecule has 2 aromatic rings. The molecule has 0 saturated heterocycles. The van der Waals surface area contributed by atoms with Crippen LogP contribution in [0.3, 0.4) is 0 Å². The first-order chi connectivity index (χ1) is 11.8. The molecule has 0 unspecified atom stereocenters. The third-order valence-corrected chi connectivity index (χ3v) is 5.15. The Bertz CT molecular complexity index is 881. The summed E-state index contributed by atoms with van der Waals surface area (Å²) in [6.07, 6.45) is 1.68. The van der Waals surface area contributed by atoms with Crippen LogP contribution in [0.1, 0.15) is 5.56 Å². The van der Waals surface area contributed by atoms with Gasteiger partial charge in [-0.1, -0.05) is 23.7 Å². The van der Waals surface area contributed by atoms with Gasteiger partial charge in [0.05, 0.1) is 4.90 Å². The predicted molar refractivity (Wildman–Crippen MR) is 108 cm³/mol. The highest BCUT2D eigenvalue weighted by atomic mass is 35.5. The van der Waals surface area contributed by atoms with Crippen molar-refractivity contribution < 1.29 is 8.42 Å². The van der Waals surface area contributed by atoms with Gasteiger partial charge in [-0.05, 0) is 61.1 Å². The monoisotopic (exact) mass is 395 g/mol. The Kier molecular flexibility index (Phi) is 6.41. The van der Waals surface area contributed by atoms with Crippen molar-refractivity contribution in [1.82, 2.24) is 5.32 Å². The number of anilines is 2. The van der Waals surface area contributed by atoms with E-state index in [4.69, 9.17) is 23.8 Å². The summed E-state index contributed by atoms with van der Waals surface area (Å²) in [5, 5.41) is 6.85. The van der Waals surface area contributed by atoms with Crippen molar-refractivity contribution in [2.45, 2.75) is 11.8 Å². The SMILES string of the molecule is C=CCNC(=S)Nc1cc(S(=O)(=O)Nc2ccc(Cl)cc2)ccc1C. The Balaban J connectivity index is 2.23. The maximum Gasteiger partial charge on any atom is 0.261 e. The number of hydrogen-bond donors (Lipinski definition) is 3. The van der Waals surface area contributed by atoms with Gasteiger partial charge in [-0.2, -0.15) is 0 Å².